The SMILES string of the molecule is Cc1cc2c(cc1-c1noc(-c3cnc(N4CCOCC4)c(Cl)c3)n1)CC(C(=O)O)C2. The molecule has 1 aliphatic heterocycles. The molecule has 3 heterocycles. The highest BCUT2D eigenvalue weighted by atomic mass is 35.5. The monoisotopic (exact) mass is 440 g/mol. The van der Waals surface area contributed by atoms with Crippen LogP contribution >= 0.6 is 11.6 Å². The van der Waals surface area contributed by atoms with Crippen LogP contribution in [-0.4, -0.2) is 52.5 Å². The molecule has 8 nitrogen and oxygen atoms in total. The number of nitrogens with zero attached hydrogens (tertiary/aromatic N) is 4. The van der Waals surface area contributed by atoms with E-state index in [2.05, 4.69) is 20.0 Å². The van der Waals surface area contributed by atoms with Gasteiger partial charge in [-0.25, -0.2) is 4.98 Å². The lowest BCUT2D eigenvalue weighted by Gasteiger charge is -2.28. The van der Waals surface area contributed by atoms with E-state index in [1.54, 1.807) is 12.3 Å². The number of carboxylic acids is 1. The molecule has 1 N–H and O–H groups in total. The van der Waals surface area contributed by atoms with Crippen LogP contribution in [0.1, 0.15) is 16.7 Å². The molecule has 0 spiro atoms. The van der Waals surface area contributed by atoms with Crippen LogP contribution in [0.3, 0.4) is 0 Å². The molecule has 9 heteroatoms. The highest BCUT2D eigenvalue weighted by molar-refractivity contribution is 6.33. The minimum atomic E-state index is -0.762. The number of aryl methyl sites for hydroxylation is 1. The second-order valence-corrected chi connectivity index (χ2v) is 8.34. The zero-order valence-corrected chi connectivity index (χ0v) is 17.7. The molecule has 1 atom stereocenters. The van der Waals surface area contributed by atoms with Crippen molar-refractivity contribution in [3.8, 4) is 22.8 Å². The van der Waals surface area contributed by atoms with Gasteiger partial charge < -0.3 is 19.3 Å². The molecule has 2 aliphatic rings. The molecule has 0 radical (unpaired) electrons. The highest BCUT2D eigenvalue weighted by Gasteiger charge is 2.28. The summed E-state index contributed by atoms with van der Waals surface area (Å²) in [5.74, 6) is 0.380. The molecule has 1 fully saturated rings. The van der Waals surface area contributed by atoms with Crippen LogP contribution in [0.15, 0.2) is 28.9 Å². The molecule has 2 aromatic heterocycles. The summed E-state index contributed by atoms with van der Waals surface area (Å²) in [6.07, 6.45) is 2.76. The van der Waals surface area contributed by atoms with Crippen molar-refractivity contribution in [3.05, 3.63) is 46.1 Å². The number of morpholine rings is 1. The zero-order chi connectivity index (χ0) is 21.5. The van der Waals surface area contributed by atoms with Gasteiger partial charge in [-0.3, -0.25) is 4.79 Å². The molecular formula is C22H21ClN4O4. The van der Waals surface area contributed by atoms with E-state index in [9.17, 15) is 9.90 Å². The van der Waals surface area contributed by atoms with E-state index < -0.39 is 5.97 Å². The number of fused-ring (bicyclic) bond motifs is 1. The fraction of sp³-hybridized carbons (Fsp3) is 0.364. The Morgan fingerprint density at radius 1 is 1.19 bits per heavy atom. The molecule has 0 bridgehead atoms. The predicted molar refractivity (Wildman–Crippen MR) is 114 cm³/mol. The summed E-state index contributed by atoms with van der Waals surface area (Å²) < 4.78 is 10.9. The van der Waals surface area contributed by atoms with E-state index in [1.165, 1.54) is 0 Å². The lowest BCUT2D eigenvalue weighted by molar-refractivity contribution is -0.141. The Balaban J connectivity index is 1.42. The van der Waals surface area contributed by atoms with E-state index in [0.29, 0.717) is 48.4 Å². The largest absolute Gasteiger partial charge is 0.481 e. The maximum absolute atomic E-state index is 11.4. The molecule has 31 heavy (non-hydrogen) atoms. The van der Waals surface area contributed by atoms with Crippen LogP contribution in [0.4, 0.5) is 5.82 Å². The van der Waals surface area contributed by atoms with Crippen molar-refractivity contribution in [3.63, 3.8) is 0 Å². The first-order valence-corrected chi connectivity index (χ1v) is 10.6. The van der Waals surface area contributed by atoms with Crippen LogP contribution in [0.2, 0.25) is 5.02 Å². The van der Waals surface area contributed by atoms with Gasteiger partial charge >= 0.3 is 5.97 Å². The molecular weight excluding hydrogens is 420 g/mol. The maximum atomic E-state index is 11.4. The van der Waals surface area contributed by atoms with E-state index >= 15 is 0 Å². The third-order valence-corrected chi connectivity index (χ3v) is 6.15. The summed E-state index contributed by atoms with van der Waals surface area (Å²) >= 11 is 6.48. The molecule has 160 valence electrons. The average molecular weight is 441 g/mol. The Bertz CT molecular complexity index is 1160. The van der Waals surface area contributed by atoms with E-state index in [4.69, 9.17) is 20.9 Å². The van der Waals surface area contributed by atoms with Gasteiger partial charge in [0.15, 0.2) is 0 Å². The van der Waals surface area contributed by atoms with Gasteiger partial charge in [0.05, 0.1) is 29.7 Å². The number of ether oxygens (including phenoxy) is 1. The van der Waals surface area contributed by atoms with Crippen molar-refractivity contribution in [1.29, 1.82) is 0 Å². The number of aliphatic carboxylic acids is 1. The first-order valence-electron chi connectivity index (χ1n) is 10.2. The average Bonchev–Trinajstić information content (AvgIpc) is 3.41. The topological polar surface area (TPSA) is 102 Å². The van der Waals surface area contributed by atoms with Crippen molar-refractivity contribution in [2.75, 3.05) is 31.2 Å². The van der Waals surface area contributed by atoms with Crippen LogP contribution in [0, 0.1) is 12.8 Å². The Morgan fingerprint density at radius 2 is 1.94 bits per heavy atom. The number of hydrogen-bond donors (Lipinski definition) is 1. The number of carbonyl (C=O) groups is 1. The number of anilines is 1. The second-order valence-electron chi connectivity index (χ2n) is 7.93. The zero-order valence-electron chi connectivity index (χ0n) is 17.0. The number of benzene rings is 1. The van der Waals surface area contributed by atoms with Crippen molar-refractivity contribution in [2.24, 2.45) is 5.92 Å². The van der Waals surface area contributed by atoms with Crippen LogP contribution in [0.25, 0.3) is 22.8 Å². The Labute approximate surface area is 183 Å². The summed E-state index contributed by atoms with van der Waals surface area (Å²) in [6.45, 7) is 4.77. The number of aromatic nitrogens is 3. The molecule has 1 aromatic carbocycles. The first kappa shape index (κ1) is 20.0. The summed E-state index contributed by atoms with van der Waals surface area (Å²) in [5, 5.41) is 14.0. The van der Waals surface area contributed by atoms with Crippen molar-refractivity contribution in [2.45, 2.75) is 19.8 Å². The number of hydrogen-bond acceptors (Lipinski definition) is 7. The Kier molecular flexibility index (Phi) is 5.11. The van der Waals surface area contributed by atoms with Gasteiger partial charge in [-0.15, -0.1) is 0 Å². The summed E-state index contributed by atoms with van der Waals surface area (Å²) in [5.41, 5.74) is 4.57. The van der Waals surface area contributed by atoms with E-state index in [1.807, 2.05) is 19.1 Å². The van der Waals surface area contributed by atoms with Crippen LogP contribution in [0.5, 0.6) is 0 Å². The number of pyridine rings is 1. The van der Waals surface area contributed by atoms with Gasteiger partial charge in [-0.2, -0.15) is 4.98 Å². The van der Waals surface area contributed by atoms with E-state index in [0.717, 1.165) is 41.2 Å². The first-order chi connectivity index (χ1) is 15.0. The number of carboxylic acid groups (broad SMARTS) is 1. The fourth-order valence-electron chi connectivity index (χ4n) is 4.22. The lowest BCUT2D eigenvalue weighted by atomic mass is 10.0. The minimum absolute atomic E-state index is 0.334. The van der Waals surface area contributed by atoms with Gasteiger partial charge in [0.2, 0.25) is 5.82 Å². The Hall–Kier alpha value is -2.97. The van der Waals surface area contributed by atoms with Gasteiger partial charge in [-0.1, -0.05) is 22.8 Å². The van der Waals surface area contributed by atoms with Gasteiger partial charge in [0.25, 0.3) is 5.89 Å². The van der Waals surface area contributed by atoms with E-state index in [-0.39, 0.29) is 5.92 Å². The molecule has 0 saturated carbocycles. The quantitative estimate of drug-likeness (QED) is 0.658. The van der Waals surface area contributed by atoms with Crippen LogP contribution in [-0.2, 0) is 22.4 Å². The fourth-order valence-corrected chi connectivity index (χ4v) is 4.50. The molecule has 1 unspecified atom stereocenters. The Morgan fingerprint density at radius 3 is 2.65 bits per heavy atom. The maximum Gasteiger partial charge on any atom is 0.307 e. The third kappa shape index (κ3) is 3.77. The van der Waals surface area contributed by atoms with Gasteiger partial charge in [-0.05, 0) is 48.6 Å². The molecule has 5 rings (SSSR count). The lowest BCUT2D eigenvalue weighted by Crippen LogP contribution is -2.36. The standard InChI is InChI=1S/C22H21ClN4O4/c1-12-6-13-7-15(22(28)29)8-14(13)9-17(12)19-25-21(31-26-19)16-10-18(23)20(24-11-16)27-2-4-30-5-3-27/h6,9-11,15H,2-5,7-8H2,1H3,(H,28,29). The molecule has 0 amide bonds. The van der Waals surface area contributed by atoms with Gasteiger partial charge in [0, 0.05) is 24.8 Å². The van der Waals surface area contributed by atoms with Crippen molar-refractivity contribution < 1.29 is 19.2 Å². The minimum Gasteiger partial charge on any atom is -0.481 e. The highest BCUT2D eigenvalue weighted by Crippen LogP contribution is 2.34. The third-order valence-electron chi connectivity index (χ3n) is 5.87. The number of rotatable bonds is 4. The normalized spacial score (nSPS) is 18.3. The summed E-state index contributed by atoms with van der Waals surface area (Å²) in [4.78, 5) is 22.5. The van der Waals surface area contributed by atoms with Crippen LogP contribution < -0.4 is 4.90 Å². The van der Waals surface area contributed by atoms with Crippen molar-refractivity contribution in [1.82, 2.24) is 15.1 Å². The smallest absolute Gasteiger partial charge is 0.307 e. The molecule has 1 saturated heterocycles. The predicted octanol–water partition coefficient (Wildman–Crippen LogP) is 3.40. The number of halogens is 1. The van der Waals surface area contributed by atoms with Gasteiger partial charge in [0.1, 0.15) is 5.82 Å². The van der Waals surface area contributed by atoms with Crippen molar-refractivity contribution >= 4 is 23.4 Å². The second kappa shape index (κ2) is 7.94. The summed E-state index contributed by atoms with van der Waals surface area (Å²) in [7, 11) is 0. The molecule has 3 aromatic rings. The summed E-state index contributed by atoms with van der Waals surface area (Å²) in [6, 6.07) is 5.79. The molecule has 1 aliphatic carbocycles.